The fraction of sp³-hybridized carbons (Fsp3) is 0.909. The third-order valence-electron chi connectivity index (χ3n) is 2.80. The summed E-state index contributed by atoms with van der Waals surface area (Å²) in [6, 6.07) is 0. The summed E-state index contributed by atoms with van der Waals surface area (Å²) in [6.07, 6.45) is 2.63. The van der Waals surface area contributed by atoms with Gasteiger partial charge in [0.15, 0.2) is 0 Å². The van der Waals surface area contributed by atoms with Crippen LogP contribution in [-0.2, 0) is 16.0 Å². The maximum Gasteiger partial charge on any atom is 0.211 e. The van der Waals surface area contributed by atoms with Crippen molar-refractivity contribution in [1.29, 1.82) is 0 Å². The van der Waals surface area contributed by atoms with Crippen LogP contribution in [0, 0.1) is 5.92 Å². The Morgan fingerprint density at radius 2 is 2.32 bits per heavy atom. The summed E-state index contributed by atoms with van der Waals surface area (Å²) in [5, 5.41) is 15.7. The minimum atomic E-state index is 0.619. The summed E-state index contributed by atoms with van der Waals surface area (Å²) in [6.45, 7) is 4.00. The lowest BCUT2D eigenvalue weighted by atomic mass is 10.5. The van der Waals surface area contributed by atoms with E-state index in [0.29, 0.717) is 12.5 Å². The van der Waals surface area contributed by atoms with E-state index < -0.39 is 0 Å². The SMILES string of the molecule is COCCNCCn1nnnc1SCOCC1CC1. The second-order valence-corrected chi connectivity index (χ2v) is 5.39. The molecule has 0 aliphatic heterocycles. The summed E-state index contributed by atoms with van der Waals surface area (Å²) in [5.41, 5.74) is 0. The smallest absolute Gasteiger partial charge is 0.211 e. The molecule has 1 N–H and O–H groups in total. The van der Waals surface area contributed by atoms with Crippen molar-refractivity contribution in [2.24, 2.45) is 5.92 Å². The number of nitrogens with zero attached hydrogens (tertiary/aromatic N) is 4. The van der Waals surface area contributed by atoms with Crippen LogP contribution < -0.4 is 5.32 Å². The van der Waals surface area contributed by atoms with Gasteiger partial charge in [-0.25, -0.2) is 4.68 Å². The zero-order valence-corrected chi connectivity index (χ0v) is 12.1. The molecule has 0 spiro atoms. The number of rotatable bonds is 11. The van der Waals surface area contributed by atoms with Crippen molar-refractivity contribution in [2.45, 2.75) is 24.5 Å². The second-order valence-electron chi connectivity index (χ2n) is 4.50. The van der Waals surface area contributed by atoms with Gasteiger partial charge in [-0.1, -0.05) is 11.8 Å². The molecule has 8 heteroatoms. The first-order valence-electron chi connectivity index (χ1n) is 6.56. The molecule has 1 saturated carbocycles. The summed E-state index contributed by atoms with van der Waals surface area (Å²) in [4.78, 5) is 0. The number of ether oxygens (including phenoxy) is 2. The largest absolute Gasteiger partial charge is 0.383 e. The molecule has 0 radical (unpaired) electrons. The molecule has 1 fully saturated rings. The fourth-order valence-corrected chi connectivity index (χ4v) is 2.17. The zero-order valence-electron chi connectivity index (χ0n) is 11.2. The van der Waals surface area contributed by atoms with Gasteiger partial charge in [-0.3, -0.25) is 0 Å². The van der Waals surface area contributed by atoms with Crippen LogP contribution in [0.3, 0.4) is 0 Å². The highest BCUT2D eigenvalue weighted by Gasteiger charge is 2.21. The molecule has 0 bridgehead atoms. The predicted octanol–water partition coefficient (Wildman–Crippen LogP) is 0.385. The highest BCUT2D eigenvalue weighted by molar-refractivity contribution is 7.99. The molecule has 1 aromatic rings. The normalized spacial score (nSPS) is 15.0. The van der Waals surface area contributed by atoms with Gasteiger partial charge in [0.05, 0.1) is 25.7 Å². The maximum atomic E-state index is 5.57. The van der Waals surface area contributed by atoms with Crippen LogP contribution in [0.1, 0.15) is 12.8 Å². The molecule has 0 saturated heterocycles. The monoisotopic (exact) mass is 287 g/mol. The van der Waals surface area contributed by atoms with Gasteiger partial charge in [0.2, 0.25) is 5.16 Å². The average molecular weight is 287 g/mol. The molecule has 7 nitrogen and oxygen atoms in total. The van der Waals surface area contributed by atoms with Crippen LogP contribution in [0.4, 0.5) is 0 Å². The van der Waals surface area contributed by atoms with E-state index in [2.05, 4.69) is 20.8 Å². The molecule has 108 valence electrons. The Bertz CT molecular complexity index is 359. The van der Waals surface area contributed by atoms with E-state index in [1.807, 2.05) is 0 Å². The van der Waals surface area contributed by atoms with Gasteiger partial charge >= 0.3 is 0 Å². The first-order chi connectivity index (χ1) is 9.40. The van der Waals surface area contributed by atoms with E-state index in [4.69, 9.17) is 9.47 Å². The van der Waals surface area contributed by atoms with Crippen LogP contribution in [0.15, 0.2) is 5.16 Å². The first-order valence-corrected chi connectivity index (χ1v) is 7.55. The molecule has 2 rings (SSSR count). The lowest BCUT2D eigenvalue weighted by Gasteiger charge is -2.06. The van der Waals surface area contributed by atoms with Crippen molar-refractivity contribution < 1.29 is 9.47 Å². The van der Waals surface area contributed by atoms with E-state index in [1.165, 1.54) is 12.8 Å². The number of nitrogens with one attached hydrogen (secondary N) is 1. The summed E-state index contributed by atoms with van der Waals surface area (Å²) < 4.78 is 12.3. The van der Waals surface area contributed by atoms with E-state index >= 15 is 0 Å². The molecular weight excluding hydrogens is 266 g/mol. The minimum Gasteiger partial charge on any atom is -0.383 e. The number of aromatic nitrogens is 4. The highest BCUT2D eigenvalue weighted by Crippen LogP contribution is 2.29. The Balaban J connectivity index is 1.59. The molecule has 0 amide bonds. The summed E-state index contributed by atoms with van der Waals surface area (Å²) >= 11 is 1.54. The minimum absolute atomic E-state index is 0.619. The molecule has 19 heavy (non-hydrogen) atoms. The number of thioether (sulfide) groups is 1. The lowest BCUT2D eigenvalue weighted by Crippen LogP contribution is -2.24. The van der Waals surface area contributed by atoms with Crippen LogP contribution in [-0.4, -0.2) is 59.6 Å². The van der Waals surface area contributed by atoms with Gasteiger partial charge in [0, 0.05) is 20.2 Å². The molecule has 1 aromatic heterocycles. The van der Waals surface area contributed by atoms with Gasteiger partial charge in [0.1, 0.15) is 0 Å². The van der Waals surface area contributed by atoms with Gasteiger partial charge in [0.25, 0.3) is 0 Å². The van der Waals surface area contributed by atoms with Crippen LogP contribution in [0.25, 0.3) is 0 Å². The quantitative estimate of drug-likeness (QED) is 0.358. The Morgan fingerprint density at radius 1 is 1.42 bits per heavy atom. The molecule has 0 unspecified atom stereocenters. The van der Waals surface area contributed by atoms with E-state index in [-0.39, 0.29) is 0 Å². The fourth-order valence-electron chi connectivity index (χ4n) is 1.52. The lowest BCUT2D eigenvalue weighted by molar-refractivity contribution is 0.170. The number of hydrogen-bond donors (Lipinski definition) is 1. The second kappa shape index (κ2) is 8.47. The van der Waals surface area contributed by atoms with E-state index in [9.17, 15) is 0 Å². The molecule has 1 aliphatic carbocycles. The van der Waals surface area contributed by atoms with Crippen LogP contribution in [0.5, 0.6) is 0 Å². The zero-order chi connectivity index (χ0) is 13.3. The van der Waals surface area contributed by atoms with Gasteiger partial charge in [-0.05, 0) is 29.2 Å². The average Bonchev–Trinajstić information content (AvgIpc) is 3.14. The van der Waals surface area contributed by atoms with Crippen LogP contribution in [0.2, 0.25) is 0 Å². The molecule has 1 aliphatic rings. The standard InChI is InChI=1S/C11H21N5O2S/c1-17-7-5-12-4-6-16-11(13-14-15-16)19-9-18-8-10-2-3-10/h10,12H,2-9H2,1H3. The Hall–Kier alpha value is -0.700. The maximum absolute atomic E-state index is 5.57. The van der Waals surface area contributed by atoms with Gasteiger partial charge in [-0.2, -0.15) is 0 Å². The Morgan fingerprint density at radius 3 is 3.11 bits per heavy atom. The summed E-state index contributed by atoms with van der Waals surface area (Å²) in [5.74, 6) is 1.41. The van der Waals surface area contributed by atoms with E-state index in [1.54, 1.807) is 23.6 Å². The third-order valence-corrected chi connectivity index (χ3v) is 3.64. The van der Waals surface area contributed by atoms with Crippen molar-refractivity contribution in [3.05, 3.63) is 0 Å². The van der Waals surface area contributed by atoms with Crippen molar-refractivity contribution in [2.75, 3.05) is 39.4 Å². The van der Waals surface area contributed by atoms with Crippen molar-refractivity contribution in [3.8, 4) is 0 Å². The highest BCUT2D eigenvalue weighted by atomic mass is 32.2. The third kappa shape index (κ3) is 5.85. The molecule has 1 heterocycles. The molecule has 0 aromatic carbocycles. The Labute approximate surface area is 117 Å². The topological polar surface area (TPSA) is 74.1 Å². The van der Waals surface area contributed by atoms with E-state index in [0.717, 1.165) is 37.3 Å². The Kier molecular flexibility index (Phi) is 6.55. The number of tetrazole rings is 1. The van der Waals surface area contributed by atoms with Gasteiger partial charge in [-0.15, -0.1) is 5.10 Å². The molecular formula is C11H21N5O2S. The number of hydrogen-bond acceptors (Lipinski definition) is 7. The molecule has 0 atom stereocenters. The van der Waals surface area contributed by atoms with Crippen molar-refractivity contribution in [3.63, 3.8) is 0 Å². The summed E-state index contributed by atoms with van der Waals surface area (Å²) in [7, 11) is 1.69. The van der Waals surface area contributed by atoms with Crippen LogP contribution >= 0.6 is 11.8 Å². The first kappa shape index (κ1) is 14.7. The van der Waals surface area contributed by atoms with Gasteiger partial charge < -0.3 is 14.8 Å². The van der Waals surface area contributed by atoms with Crippen molar-refractivity contribution in [1.82, 2.24) is 25.5 Å². The number of methoxy groups -OCH3 is 1. The van der Waals surface area contributed by atoms with Crippen molar-refractivity contribution >= 4 is 11.8 Å². The predicted molar refractivity (Wildman–Crippen MR) is 72.0 cm³/mol.